The molecule has 1 saturated heterocycles. The first-order chi connectivity index (χ1) is 14.3. The maximum absolute atomic E-state index is 12.9. The summed E-state index contributed by atoms with van der Waals surface area (Å²) < 4.78 is 27.4. The number of amides is 1. The zero-order valence-electron chi connectivity index (χ0n) is 18.0. The normalized spacial score (nSPS) is 16.4. The Labute approximate surface area is 179 Å². The van der Waals surface area contributed by atoms with Gasteiger partial charge in [0, 0.05) is 17.2 Å². The molecule has 6 nitrogen and oxygen atoms in total. The fourth-order valence-electron chi connectivity index (χ4n) is 3.66. The van der Waals surface area contributed by atoms with Crippen LogP contribution in [0.2, 0.25) is 0 Å². The van der Waals surface area contributed by atoms with Gasteiger partial charge in [-0.25, -0.2) is 13.1 Å². The summed E-state index contributed by atoms with van der Waals surface area (Å²) in [4.78, 5) is 16.4. The second-order valence-electron chi connectivity index (χ2n) is 8.10. The van der Waals surface area contributed by atoms with Gasteiger partial charge >= 0.3 is 0 Å². The minimum atomic E-state index is -3.56. The van der Waals surface area contributed by atoms with E-state index in [9.17, 15) is 13.2 Å². The highest BCUT2D eigenvalue weighted by atomic mass is 32.2. The number of sulfonamides is 1. The smallest absolute Gasteiger partial charge is 0.254 e. The number of benzene rings is 2. The van der Waals surface area contributed by atoms with Crippen LogP contribution in [0.3, 0.4) is 0 Å². The summed E-state index contributed by atoms with van der Waals surface area (Å²) in [6, 6.07) is 14.6. The highest BCUT2D eigenvalue weighted by Gasteiger charge is 2.25. The van der Waals surface area contributed by atoms with E-state index in [0.29, 0.717) is 25.1 Å². The quantitative estimate of drug-likeness (QED) is 0.701. The van der Waals surface area contributed by atoms with Crippen LogP contribution in [-0.2, 0) is 16.6 Å². The third-order valence-corrected chi connectivity index (χ3v) is 7.45. The lowest BCUT2D eigenvalue weighted by Gasteiger charge is -2.32. The summed E-state index contributed by atoms with van der Waals surface area (Å²) in [5.74, 6) is -0.0382. The van der Waals surface area contributed by atoms with Crippen molar-refractivity contribution in [3.05, 3.63) is 65.2 Å². The molecule has 3 rings (SSSR count). The van der Waals surface area contributed by atoms with E-state index in [-0.39, 0.29) is 16.8 Å². The number of rotatable bonds is 7. The minimum Gasteiger partial charge on any atom is -0.328 e. The van der Waals surface area contributed by atoms with Gasteiger partial charge in [-0.15, -0.1) is 0 Å². The van der Waals surface area contributed by atoms with E-state index in [2.05, 4.69) is 35.9 Å². The van der Waals surface area contributed by atoms with Crippen LogP contribution in [0.25, 0.3) is 0 Å². The predicted molar refractivity (Wildman–Crippen MR) is 118 cm³/mol. The van der Waals surface area contributed by atoms with Gasteiger partial charge in [0.15, 0.2) is 0 Å². The topological polar surface area (TPSA) is 70.9 Å². The Kier molecular flexibility index (Phi) is 7.28. The van der Waals surface area contributed by atoms with E-state index >= 15 is 0 Å². The lowest BCUT2D eigenvalue weighted by molar-refractivity contribution is -0.917. The molecule has 0 spiro atoms. The number of carbonyl (C=O) groups is 1. The van der Waals surface area contributed by atoms with Crippen LogP contribution in [0, 0.1) is 6.92 Å². The van der Waals surface area contributed by atoms with Gasteiger partial charge in [0.1, 0.15) is 6.54 Å². The van der Waals surface area contributed by atoms with Crippen molar-refractivity contribution in [3.8, 4) is 0 Å². The molecule has 0 aromatic heterocycles. The highest BCUT2D eigenvalue weighted by molar-refractivity contribution is 7.89. The molecule has 1 aliphatic rings. The monoisotopic (exact) mass is 430 g/mol. The number of hydrogen-bond acceptors (Lipinski definition) is 3. The number of piperazine rings is 1. The molecule has 0 saturated carbocycles. The first kappa shape index (κ1) is 22.5. The Morgan fingerprint density at radius 2 is 1.73 bits per heavy atom. The third-order valence-electron chi connectivity index (χ3n) is 5.84. The standard InChI is InChI=1S/C23H31N3O3S/c1-4-19(3)24-30(28,29)22-11-9-20(10-12-22)23(27)26-15-13-25(14-16-26)17-21-8-6-5-7-18(21)2/h5-12,19,24H,4,13-17H2,1-3H3/p+1/t19-/m1/s1. The van der Waals surface area contributed by atoms with Crippen LogP contribution in [0.5, 0.6) is 0 Å². The molecule has 2 N–H and O–H groups in total. The number of hydrogen-bond donors (Lipinski definition) is 2. The van der Waals surface area contributed by atoms with Gasteiger partial charge in [0.25, 0.3) is 5.91 Å². The summed E-state index contributed by atoms with van der Waals surface area (Å²) >= 11 is 0. The van der Waals surface area contributed by atoms with Crippen molar-refractivity contribution in [2.24, 2.45) is 0 Å². The molecule has 2 aromatic carbocycles. The Bertz CT molecular complexity index is 965. The number of nitrogens with one attached hydrogen (secondary N) is 2. The summed E-state index contributed by atoms with van der Waals surface area (Å²) in [5, 5.41) is 0. The van der Waals surface area contributed by atoms with Crippen LogP contribution < -0.4 is 9.62 Å². The molecule has 1 amide bonds. The molecule has 30 heavy (non-hydrogen) atoms. The molecular weight excluding hydrogens is 398 g/mol. The molecule has 2 aromatic rings. The van der Waals surface area contributed by atoms with Gasteiger partial charge < -0.3 is 9.80 Å². The Morgan fingerprint density at radius 1 is 1.10 bits per heavy atom. The number of quaternary nitrogens is 1. The van der Waals surface area contributed by atoms with Crippen molar-refractivity contribution >= 4 is 15.9 Å². The Hall–Kier alpha value is -2.22. The third kappa shape index (κ3) is 5.47. The second-order valence-corrected chi connectivity index (χ2v) is 9.81. The SMILES string of the molecule is CC[C@@H](C)NS(=O)(=O)c1ccc(C(=O)N2CC[NH+](Cc3ccccc3C)CC2)cc1. The van der Waals surface area contributed by atoms with Crippen LogP contribution >= 0.6 is 0 Å². The lowest BCUT2D eigenvalue weighted by atomic mass is 10.1. The van der Waals surface area contributed by atoms with Gasteiger partial charge in [-0.05, 0) is 50.1 Å². The second kappa shape index (κ2) is 9.73. The van der Waals surface area contributed by atoms with Gasteiger partial charge in [-0.2, -0.15) is 0 Å². The number of aryl methyl sites for hydroxylation is 1. The maximum atomic E-state index is 12.9. The van der Waals surface area contributed by atoms with Crippen LogP contribution in [-0.4, -0.2) is 51.4 Å². The van der Waals surface area contributed by atoms with E-state index < -0.39 is 10.0 Å². The zero-order chi connectivity index (χ0) is 21.7. The van der Waals surface area contributed by atoms with Crippen molar-refractivity contribution in [1.82, 2.24) is 9.62 Å². The average Bonchev–Trinajstić information content (AvgIpc) is 2.75. The zero-order valence-corrected chi connectivity index (χ0v) is 18.8. The molecule has 7 heteroatoms. The van der Waals surface area contributed by atoms with E-state index in [1.54, 1.807) is 12.1 Å². The van der Waals surface area contributed by atoms with Crippen molar-refractivity contribution in [2.75, 3.05) is 26.2 Å². The van der Waals surface area contributed by atoms with E-state index in [1.165, 1.54) is 28.2 Å². The summed E-state index contributed by atoms with van der Waals surface area (Å²) in [6.45, 7) is 10.1. The summed E-state index contributed by atoms with van der Waals surface area (Å²) in [5.41, 5.74) is 3.19. The predicted octanol–water partition coefficient (Wildman–Crippen LogP) is 1.61. The van der Waals surface area contributed by atoms with Crippen LogP contribution in [0.15, 0.2) is 53.4 Å². The Morgan fingerprint density at radius 3 is 2.33 bits per heavy atom. The molecule has 0 bridgehead atoms. The van der Waals surface area contributed by atoms with Crippen LogP contribution in [0.4, 0.5) is 0 Å². The molecule has 0 radical (unpaired) electrons. The van der Waals surface area contributed by atoms with Crippen LogP contribution in [0.1, 0.15) is 41.8 Å². The molecule has 1 fully saturated rings. The first-order valence-electron chi connectivity index (χ1n) is 10.6. The molecule has 0 unspecified atom stereocenters. The van der Waals surface area contributed by atoms with Crippen molar-refractivity contribution in [1.29, 1.82) is 0 Å². The Balaban J connectivity index is 1.58. The summed E-state index contributed by atoms with van der Waals surface area (Å²) in [6.07, 6.45) is 0.716. The largest absolute Gasteiger partial charge is 0.328 e. The molecule has 1 aliphatic heterocycles. The van der Waals surface area contributed by atoms with Gasteiger partial charge in [-0.3, -0.25) is 4.79 Å². The fraction of sp³-hybridized carbons (Fsp3) is 0.435. The number of carbonyl (C=O) groups excluding carboxylic acids is 1. The molecule has 0 aliphatic carbocycles. The van der Waals surface area contributed by atoms with E-state index in [0.717, 1.165) is 19.6 Å². The van der Waals surface area contributed by atoms with Crippen molar-refractivity contribution in [2.45, 2.75) is 44.7 Å². The highest BCUT2D eigenvalue weighted by Crippen LogP contribution is 2.14. The number of nitrogens with zero attached hydrogens (tertiary/aromatic N) is 1. The molecular formula is C23H32N3O3S+. The maximum Gasteiger partial charge on any atom is 0.254 e. The fourth-order valence-corrected chi connectivity index (χ4v) is 4.98. The molecule has 162 valence electrons. The van der Waals surface area contributed by atoms with Crippen molar-refractivity contribution < 1.29 is 18.1 Å². The summed E-state index contributed by atoms with van der Waals surface area (Å²) in [7, 11) is -3.56. The average molecular weight is 431 g/mol. The van der Waals surface area contributed by atoms with Gasteiger partial charge in [0.2, 0.25) is 10.0 Å². The van der Waals surface area contributed by atoms with E-state index in [4.69, 9.17) is 0 Å². The first-order valence-corrected chi connectivity index (χ1v) is 12.1. The van der Waals surface area contributed by atoms with E-state index in [1.807, 2.05) is 18.7 Å². The lowest BCUT2D eigenvalue weighted by Crippen LogP contribution is -3.13. The van der Waals surface area contributed by atoms with Crippen molar-refractivity contribution in [3.63, 3.8) is 0 Å². The van der Waals surface area contributed by atoms with Gasteiger partial charge in [-0.1, -0.05) is 31.2 Å². The molecule has 1 atom stereocenters. The minimum absolute atomic E-state index is 0.0382. The molecule has 1 heterocycles. The van der Waals surface area contributed by atoms with Gasteiger partial charge in [0.05, 0.1) is 31.1 Å².